The molecule has 1 aliphatic rings. The highest BCUT2D eigenvalue weighted by molar-refractivity contribution is 6.31. The average Bonchev–Trinajstić information content (AvgIpc) is 3.13. The Balaban J connectivity index is 1.65. The lowest BCUT2D eigenvalue weighted by Gasteiger charge is -2.29. The second kappa shape index (κ2) is 7.30. The third-order valence-electron chi connectivity index (χ3n) is 6.46. The van der Waals surface area contributed by atoms with Crippen molar-refractivity contribution in [3.63, 3.8) is 0 Å². The number of nitrogens with one attached hydrogen (secondary N) is 1. The Morgan fingerprint density at radius 1 is 0.900 bits per heavy atom. The van der Waals surface area contributed by atoms with Crippen LogP contribution in [0.4, 0.5) is 0 Å². The quantitative estimate of drug-likeness (QED) is 0.407. The molecule has 0 radical (unpaired) electrons. The summed E-state index contributed by atoms with van der Waals surface area (Å²) < 4.78 is 0. The number of nitrogens with two attached hydrogens (primary N) is 1. The molecule has 0 bridgehead atoms. The van der Waals surface area contributed by atoms with E-state index in [0.717, 1.165) is 11.6 Å². The van der Waals surface area contributed by atoms with Crippen LogP contribution in [0, 0.1) is 0 Å². The van der Waals surface area contributed by atoms with Crippen LogP contribution >= 0.6 is 11.6 Å². The van der Waals surface area contributed by atoms with Crippen LogP contribution in [0.25, 0.3) is 10.9 Å². The zero-order valence-electron chi connectivity index (χ0n) is 17.7. The molecule has 0 saturated heterocycles. The lowest BCUT2D eigenvalue weighted by molar-refractivity contribution is -0.692. The highest BCUT2D eigenvalue weighted by Gasteiger charge is 2.36. The van der Waals surface area contributed by atoms with Crippen molar-refractivity contribution in [2.75, 3.05) is 6.54 Å². The van der Waals surface area contributed by atoms with Gasteiger partial charge in [-0.3, -0.25) is 0 Å². The number of rotatable bonds is 2. The van der Waals surface area contributed by atoms with E-state index in [1.807, 2.05) is 12.1 Å². The largest absolute Gasteiger partial charge is 0.353 e. The minimum atomic E-state index is 0.163. The summed E-state index contributed by atoms with van der Waals surface area (Å²) in [5.41, 5.74) is 7.98. The monoisotopic (exact) mass is 415 g/mol. The van der Waals surface area contributed by atoms with E-state index in [9.17, 15) is 0 Å². The highest BCUT2D eigenvalue weighted by atomic mass is 35.5. The number of aromatic amines is 1. The fourth-order valence-electron chi connectivity index (χ4n) is 4.85. The summed E-state index contributed by atoms with van der Waals surface area (Å²) in [6.45, 7) is 7.76. The maximum absolute atomic E-state index is 6.63. The zero-order valence-corrected chi connectivity index (χ0v) is 18.5. The minimum absolute atomic E-state index is 0.163. The van der Waals surface area contributed by atoms with E-state index in [4.69, 9.17) is 11.6 Å². The summed E-state index contributed by atoms with van der Waals surface area (Å²) in [6.07, 6.45) is 0. The molecule has 3 aromatic carbocycles. The van der Waals surface area contributed by atoms with Gasteiger partial charge in [0.2, 0.25) is 0 Å². The van der Waals surface area contributed by atoms with Gasteiger partial charge in [0.1, 0.15) is 0 Å². The number of fused-ring (bicyclic) bond motifs is 3. The molecule has 2 atom stereocenters. The van der Waals surface area contributed by atoms with E-state index in [0.29, 0.717) is 0 Å². The molecule has 152 valence electrons. The van der Waals surface area contributed by atoms with Crippen LogP contribution < -0.4 is 5.32 Å². The van der Waals surface area contributed by atoms with Gasteiger partial charge in [-0.25, -0.2) is 0 Å². The third kappa shape index (κ3) is 3.25. The van der Waals surface area contributed by atoms with Gasteiger partial charge in [0, 0.05) is 27.1 Å². The molecule has 3 N–H and O–H groups in total. The fraction of sp³-hybridized carbons (Fsp3) is 0.259. The Labute approximate surface area is 183 Å². The first-order valence-electron chi connectivity index (χ1n) is 10.7. The number of hydrogen-bond donors (Lipinski definition) is 2. The molecule has 5 rings (SSSR count). The van der Waals surface area contributed by atoms with Crippen LogP contribution in [-0.2, 0) is 5.41 Å². The molecule has 3 heteroatoms. The van der Waals surface area contributed by atoms with Crippen molar-refractivity contribution in [3.05, 3.63) is 106 Å². The molecule has 4 aromatic rings. The van der Waals surface area contributed by atoms with Gasteiger partial charge < -0.3 is 10.3 Å². The summed E-state index contributed by atoms with van der Waals surface area (Å²) in [5, 5.41) is 4.61. The molecule has 0 unspecified atom stereocenters. The Kier molecular flexibility index (Phi) is 4.72. The van der Waals surface area contributed by atoms with Gasteiger partial charge in [-0.1, -0.05) is 93.0 Å². The molecule has 2 nitrogen and oxygen atoms in total. The summed E-state index contributed by atoms with van der Waals surface area (Å²) in [6, 6.07) is 26.3. The predicted molar refractivity (Wildman–Crippen MR) is 125 cm³/mol. The first kappa shape index (κ1) is 19.4. The van der Waals surface area contributed by atoms with E-state index < -0.39 is 0 Å². The highest BCUT2D eigenvalue weighted by Crippen LogP contribution is 2.40. The van der Waals surface area contributed by atoms with Crippen LogP contribution in [0.3, 0.4) is 0 Å². The van der Waals surface area contributed by atoms with Crippen LogP contribution in [0.1, 0.15) is 60.7 Å². The second-order valence-electron chi connectivity index (χ2n) is 9.39. The van der Waals surface area contributed by atoms with E-state index in [-0.39, 0.29) is 17.4 Å². The molecule has 30 heavy (non-hydrogen) atoms. The van der Waals surface area contributed by atoms with E-state index in [1.165, 1.54) is 38.9 Å². The fourth-order valence-corrected chi connectivity index (χ4v) is 5.11. The number of quaternary nitrogens is 1. The third-order valence-corrected chi connectivity index (χ3v) is 6.80. The van der Waals surface area contributed by atoms with E-state index in [1.54, 1.807) is 0 Å². The topological polar surface area (TPSA) is 32.4 Å². The minimum Gasteiger partial charge on any atom is -0.353 e. The van der Waals surface area contributed by atoms with Crippen LogP contribution in [0.5, 0.6) is 0 Å². The molecule has 1 aliphatic heterocycles. The van der Waals surface area contributed by atoms with Crippen molar-refractivity contribution in [3.8, 4) is 0 Å². The van der Waals surface area contributed by atoms with Crippen molar-refractivity contribution in [1.29, 1.82) is 0 Å². The maximum atomic E-state index is 6.63. The summed E-state index contributed by atoms with van der Waals surface area (Å²) >= 11 is 6.63. The number of hydrogen-bond acceptors (Lipinski definition) is 0. The standard InChI is InChI=1S/C27H27ClN2/c1-27(2,3)18-14-12-17(13-15-18)25-26-24(20-9-5-7-11-23(20)30-26)21(16-29-25)19-8-4-6-10-22(19)28/h4-15,21,25,29-30H,16H2,1-3H3/p+1/t21-,25-/m1/s1. The average molecular weight is 416 g/mol. The molecule has 2 heterocycles. The van der Waals surface area contributed by atoms with Gasteiger partial charge in [0.05, 0.1) is 18.2 Å². The Hall–Kier alpha value is -2.55. The van der Waals surface area contributed by atoms with Crippen molar-refractivity contribution in [2.45, 2.75) is 38.1 Å². The molecule has 0 amide bonds. The van der Waals surface area contributed by atoms with Gasteiger partial charge in [0.15, 0.2) is 6.04 Å². The summed E-state index contributed by atoms with van der Waals surface area (Å²) in [4.78, 5) is 3.75. The molecular weight excluding hydrogens is 388 g/mol. The molecule has 0 spiro atoms. The van der Waals surface area contributed by atoms with Crippen molar-refractivity contribution >= 4 is 22.5 Å². The Bertz CT molecular complexity index is 1200. The second-order valence-corrected chi connectivity index (χ2v) is 9.80. The lowest BCUT2D eigenvalue weighted by atomic mass is 9.82. The molecule has 0 saturated carbocycles. The van der Waals surface area contributed by atoms with Gasteiger partial charge in [-0.15, -0.1) is 0 Å². The molecule has 1 aromatic heterocycles. The van der Waals surface area contributed by atoms with Gasteiger partial charge in [-0.2, -0.15) is 0 Å². The predicted octanol–water partition coefficient (Wildman–Crippen LogP) is 5.92. The molecular formula is C27H28ClN2+. The Morgan fingerprint density at radius 2 is 1.60 bits per heavy atom. The van der Waals surface area contributed by atoms with Gasteiger partial charge in [0.25, 0.3) is 0 Å². The maximum Gasteiger partial charge on any atom is 0.153 e. The van der Waals surface area contributed by atoms with Crippen LogP contribution in [-0.4, -0.2) is 11.5 Å². The van der Waals surface area contributed by atoms with E-state index >= 15 is 0 Å². The van der Waals surface area contributed by atoms with Crippen LogP contribution in [0.2, 0.25) is 5.02 Å². The number of aromatic nitrogens is 1. The van der Waals surface area contributed by atoms with Crippen molar-refractivity contribution in [1.82, 2.24) is 4.98 Å². The van der Waals surface area contributed by atoms with Crippen LogP contribution in [0.15, 0.2) is 72.8 Å². The lowest BCUT2D eigenvalue weighted by Crippen LogP contribution is -2.88. The normalized spacial score (nSPS) is 19.1. The van der Waals surface area contributed by atoms with Crippen molar-refractivity contribution < 1.29 is 5.32 Å². The Morgan fingerprint density at radius 3 is 2.33 bits per heavy atom. The van der Waals surface area contributed by atoms with Gasteiger partial charge >= 0.3 is 0 Å². The number of H-pyrrole nitrogens is 1. The summed E-state index contributed by atoms with van der Waals surface area (Å²) in [7, 11) is 0. The number of halogens is 1. The summed E-state index contributed by atoms with van der Waals surface area (Å²) in [5.74, 6) is 0.273. The molecule has 0 fully saturated rings. The number of benzene rings is 3. The first-order chi connectivity index (χ1) is 14.4. The van der Waals surface area contributed by atoms with E-state index in [2.05, 4.69) is 91.7 Å². The SMILES string of the molecule is CC(C)(C)c1ccc([C@H]2[NH2+]C[C@H](c3ccccc3Cl)c3c2[nH]c2ccccc32)cc1. The smallest absolute Gasteiger partial charge is 0.153 e. The molecule has 0 aliphatic carbocycles. The first-order valence-corrected chi connectivity index (χ1v) is 11.1. The van der Waals surface area contributed by atoms with Gasteiger partial charge in [-0.05, 0) is 28.7 Å². The number of para-hydroxylation sites is 1. The zero-order chi connectivity index (χ0) is 20.9. The van der Waals surface area contributed by atoms with Crippen molar-refractivity contribution in [2.24, 2.45) is 0 Å².